The first kappa shape index (κ1) is 23.9. The van der Waals surface area contributed by atoms with Crippen molar-refractivity contribution in [2.45, 2.75) is 30.3 Å². The lowest BCUT2D eigenvalue weighted by molar-refractivity contribution is -0.116. The molecule has 0 spiro atoms. The van der Waals surface area contributed by atoms with Gasteiger partial charge in [0.05, 0.1) is 22.7 Å². The Balaban J connectivity index is 1.56. The minimum atomic E-state index is -4.00. The van der Waals surface area contributed by atoms with E-state index in [1.807, 2.05) is 6.07 Å². The number of carbonyl (C=O) groups excluding carboxylic acids is 2. The quantitative estimate of drug-likeness (QED) is 0.466. The number of sulfonamides is 1. The molecule has 3 aromatic rings. The average molecular weight is 498 g/mol. The number of carbonyl (C=O) groups is 2. The molecule has 0 bridgehead atoms. The van der Waals surface area contributed by atoms with Gasteiger partial charge in [-0.25, -0.2) is 8.42 Å². The highest BCUT2D eigenvalue weighted by Crippen LogP contribution is 2.23. The summed E-state index contributed by atoms with van der Waals surface area (Å²) in [6.45, 7) is -0.429. The maximum absolute atomic E-state index is 13.4. The van der Waals surface area contributed by atoms with Crippen LogP contribution >= 0.6 is 11.6 Å². The molecule has 9 heteroatoms. The summed E-state index contributed by atoms with van der Waals surface area (Å²) in [5.74, 6) is -0.825. The molecule has 0 aliphatic heterocycles. The first-order valence-electron chi connectivity index (χ1n) is 10.8. The summed E-state index contributed by atoms with van der Waals surface area (Å²) in [4.78, 5) is 25.6. The Hall–Kier alpha value is -3.20. The van der Waals surface area contributed by atoms with Gasteiger partial charge < -0.3 is 10.6 Å². The van der Waals surface area contributed by atoms with Gasteiger partial charge in [-0.3, -0.25) is 9.59 Å². The van der Waals surface area contributed by atoms with Gasteiger partial charge in [0, 0.05) is 17.6 Å². The molecule has 1 fully saturated rings. The van der Waals surface area contributed by atoms with Gasteiger partial charge in [0.1, 0.15) is 0 Å². The van der Waals surface area contributed by atoms with Crippen LogP contribution in [0.2, 0.25) is 5.02 Å². The van der Waals surface area contributed by atoms with Gasteiger partial charge in [-0.2, -0.15) is 4.31 Å². The molecule has 0 heterocycles. The van der Waals surface area contributed by atoms with Crippen molar-refractivity contribution in [3.8, 4) is 0 Å². The number of nitrogens with one attached hydrogen (secondary N) is 2. The van der Waals surface area contributed by atoms with E-state index in [1.165, 1.54) is 24.3 Å². The van der Waals surface area contributed by atoms with Gasteiger partial charge in [-0.05, 0) is 54.8 Å². The summed E-state index contributed by atoms with van der Waals surface area (Å²) in [6, 6.07) is 21.6. The minimum Gasteiger partial charge on any atom is -0.349 e. The molecule has 4 rings (SSSR count). The summed E-state index contributed by atoms with van der Waals surface area (Å²) < 4.78 is 27.9. The highest BCUT2D eigenvalue weighted by Gasteiger charge is 2.28. The third-order valence-corrected chi connectivity index (χ3v) is 7.39. The molecule has 1 aliphatic rings. The van der Waals surface area contributed by atoms with E-state index in [-0.39, 0.29) is 23.4 Å². The zero-order chi connectivity index (χ0) is 24.1. The number of hydrogen-bond acceptors (Lipinski definition) is 4. The van der Waals surface area contributed by atoms with Crippen LogP contribution in [0, 0.1) is 0 Å². The lowest BCUT2D eigenvalue weighted by Gasteiger charge is -2.22. The molecular weight excluding hydrogens is 474 g/mol. The molecule has 2 amide bonds. The molecular formula is C25H24ClN3O4S. The second-order valence-electron chi connectivity index (χ2n) is 8.05. The zero-order valence-electron chi connectivity index (χ0n) is 18.3. The molecule has 0 radical (unpaired) electrons. The van der Waals surface area contributed by atoms with Crippen LogP contribution in [0.4, 0.5) is 5.69 Å². The summed E-state index contributed by atoms with van der Waals surface area (Å²) in [7, 11) is -4.00. The van der Waals surface area contributed by atoms with Crippen molar-refractivity contribution in [3.05, 3.63) is 95.0 Å². The number of amides is 2. The van der Waals surface area contributed by atoms with Crippen molar-refractivity contribution >= 4 is 39.1 Å². The van der Waals surface area contributed by atoms with Crippen LogP contribution in [0.25, 0.3) is 0 Å². The van der Waals surface area contributed by atoms with Crippen molar-refractivity contribution in [3.63, 3.8) is 0 Å². The molecule has 176 valence electrons. The van der Waals surface area contributed by atoms with Crippen molar-refractivity contribution in [1.29, 1.82) is 0 Å². The van der Waals surface area contributed by atoms with Crippen LogP contribution < -0.4 is 10.6 Å². The number of rotatable bonds is 9. The largest absolute Gasteiger partial charge is 0.349 e. The second-order valence-corrected chi connectivity index (χ2v) is 10.4. The second kappa shape index (κ2) is 10.4. The average Bonchev–Trinajstić information content (AvgIpc) is 3.64. The van der Waals surface area contributed by atoms with Gasteiger partial charge in [-0.15, -0.1) is 0 Å². The SMILES string of the molecule is O=C(CN(Cc1ccccc1)S(=O)(=O)c1ccc(Cl)cc1)Nc1ccccc1C(=O)NC1CC1. The van der Waals surface area contributed by atoms with E-state index in [0.717, 1.165) is 22.7 Å². The molecule has 0 unspecified atom stereocenters. The molecule has 0 atom stereocenters. The molecule has 34 heavy (non-hydrogen) atoms. The Kier molecular flexibility index (Phi) is 7.31. The predicted molar refractivity (Wildman–Crippen MR) is 131 cm³/mol. The topological polar surface area (TPSA) is 95.6 Å². The number of halogens is 1. The fraction of sp³-hybridized carbons (Fsp3) is 0.200. The van der Waals surface area contributed by atoms with E-state index in [9.17, 15) is 18.0 Å². The molecule has 2 N–H and O–H groups in total. The normalized spacial score (nSPS) is 13.5. The molecule has 0 aromatic heterocycles. The molecule has 1 aliphatic carbocycles. The number of para-hydroxylation sites is 1. The maximum atomic E-state index is 13.4. The minimum absolute atomic E-state index is 0.00301. The van der Waals surface area contributed by atoms with Crippen LogP contribution in [0.3, 0.4) is 0 Å². The van der Waals surface area contributed by atoms with E-state index < -0.39 is 22.5 Å². The van der Waals surface area contributed by atoms with Crippen molar-refractivity contribution in [2.75, 3.05) is 11.9 Å². The highest BCUT2D eigenvalue weighted by molar-refractivity contribution is 7.89. The molecule has 7 nitrogen and oxygen atoms in total. The Labute approximate surface area is 203 Å². The Bertz CT molecular complexity index is 1280. The highest BCUT2D eigenvalue weighted by atomic mass is 35.5. The Morgan fingerprint density at radius 3 is 2.24 bits per heavy atom. The van der Waals surface area contributed by atoms with Crippen molar-refractivity contribution < 1.29 is 18.0 Å². The molecule has 3 aromatic carbocycles. The number of hydrogen-bond donors (Lipinski definition) is 2. The Morgan fingerprint density at radius 1 is 0.912 bits per heavy atom. The van der Waals surface area contributed by atoms with Gasteiger partial charge in [-0.1, -0.05) is 54.1 Å². The fourth-order valence-electron chi connectivity index (χ4n) is 3.40. The van der Waals surface area contributed by atoms with Gasteiger partial charge in [0.25, 0.3) is 5.91 Å². The summed E-state index contributed by atoms with van der Waals surface area (Å²) in [5, 5.41) is 6.02. The van der Waals surface area contributed by atoms with Gasteiger partial charge >= 0.3 is 0 Å². The smallest absolute Gasteiger partial charge is 0.253 e. The summed E-state index contributed by atoms with van der Waals surface area (Å²) in [6.07, 6.45) is 1.88. The van der Waals surface area contributed by atoms with Crippen LogP contribution in [-0.4, -0.2) is 37.1 Å². The fourth-order valence-corrected chi connectivity index (χ4v) is 4.91. The number of nitrogens with zero attached hydrogens (tertiary/aromatic N) is 1. The lowest BCUT2D eigenvalue weighted by Crippen LogP contribution is -2.38. The molecule has 1 saturated carbocycles. The van der Waals surface area contributed by atoms with Gasteiger partial charge in [0.2, 0.25) is 15.9 Å². The number of benzene rings is 3. The van der Waals surface area contributed by atoms with E-state index in [4.69, 9.17) is 11.6 Å². The lowest BCUT2D eigenvalue weighted by atomic mass is 10.1. The first-order chi connectivity index (χ1) is 16.3. The first-order valence-corrected chi connectivity index (χ1v) is 12.6. The monoisotopic (exact) mass is 497 g/mol. The summed E-state index contributed by atoms with van der Waals surface area (Å²) >= 11 is 5.92. The predicted octanol–water partition coefficient (Wildman–Crippen LogP) is 4.06. The van der Waals surface area contributed by atoms with E-state index in [1.54, 1.807) is 48.5 Å². The van der Waals surface area contributed by atoms with Gasteiger partial charge in [0.15, 0.2) is 0 Å². The van der Waals surface area contributed by atoms with E-state index in [0.29, 0.717) is 16.3 Å². The van der Waals surface area contributed by atoms with E-state index in [2.05, 4.69) is 10.6 Å². The van der Waals surface area contributed by atoms with Crippen LogP contribution in [-0.2, 0) is 21.4 Å². The van der Waals surface area contributed by atoms with Crippen LogP contribution in [0.5, 0.6) is 0 Å². The van der Waals surface area contributed by atoms with Crippen molar-refractivity contribution in [2.24, 2.45) is 0 Å². The van der Waals surface area contributed by atoms with Crippen molar-refractivity contribution in [1.82, 2.24) is 9.62 Å². The third-order valence-electron chi connectivity index (χ3n) is 5.33. The van der Waals surface area contributed by atoms with Crippen LogP contribution in [0.15, 0.2) is 83.8 Å². The standard InChI is InChI=1S/C25H24ClN3O4S/c26-19-10-14-21(15-11-19)34(32,33)29(16-18-6-2-1-3-7-18)17-24(30)28-23-9-5-4-8-22(23)25(31)27-20-12-13-20/h1-11,14-15,20H,12-13,16-17H2,(H,27,31)(H,28,30). The third kappa shape index (κ3) is 6.02. The Morgan fingerprint density at radius 2 is 1.56 bits per heavy atom. The van der Waals surface area contributed by atoms with Crippen LogP contribution in [0.1, 0.15) is 28.8 Å². The van der Waals surface area contributed by atoms with E-state index >= 15 is 0 Å². The maximum Gasteiger partial charge on any atom is 0.253 e. The molecule has 0 saturated heterocycles. The number of anilines is 1. The summed E-state index contributed by atoms with van der Waals surface area (Å²) in [5.41, 5.74) is 1.39. The zero-order valence-corrected chi connectivity index (χ0v) is 19.9.